The minimum absolute atomic E-state index is 0.168. The average molecular weight is 379 g/mol. The Hall–Kier alpha value is -2.51. The molecule has 2 fully saturated rings. The normalized spacial score (nSPS) is 19.7. The van der Waals surface area contributed by atoms with Crippen molar-refractivity contribution in [3.63, 3.8) is 0 Å². The standard InChI is InChI=1S/C20H21N5OS/c26-19-20(25(14-21-19)16-4-2-1-3-5-16)8-10-24(11-9-20)13-15-6-7-18-17(12-15)22-23-27-18/h1-7,12H,8-11,13-14H2,(H,21,26). The summed E-state index contributed by atoms with van der Waals surface area (Å²) < 4.78 is 5.13. The molecule has 3 heterocycles. The topological polar surface area (TPSA) is 61.4 Å². The molecule has 27 heavy (non-hydrogen) atoms. The van der Waals surface area contributed by atoms with Crippen LogP contribution in [0.25, 0.3) is 10.2 Å². The molecule has 0 bridgehead atoms. The number of aromatic nitrogens is 2. The molecule has 0 radical (unpaired) electrons. The number of anilines is 1. The van der Waals surface area contributed by atoms with Gasteiger partial charge in [-0.15, -0.1) is 5.10 Å². The van der Waals surface area contributed by atoms with Crippen molar-refractivity contribution >= 4 is 33.3 Å². The molecule has 3 aromatic rings. The Morgan fingerprint density at radius 2 is 1.93 bits per heavy atom. The van der Waals surface area contributed by atoms with Gasteiger partial charge in [0.1, 0.15) is 11.1 Å². The van der Waals surface area contributed by atoms with Gasteiger partial charge in [0.25, 0.3) is 0 Å². The number of fused-ring (bicyclic) bond motifs is 1. The Balaban J connectivity index is 1.31. The molecule has 2 saturated heterocycles. The van der Waals surface area contributed by atoms with Crippen LogP contribution < -0.4 is 10.2 Å². The number of para-hydroxylation sites is 1. The molecule has 2 aliphatic heterocycles. The number of carbonyl (C=O) groups is 1. The zero-order chi connectivity index (χ0) is 18.3. The number of piperidine rings is 1. The summed E-state index contributed by atoms with van der Waals surface area (Å²) in [5.74, 6) is 0.168. The summed E-state index contributed by atoms with van der Waals surface area (Å²) in [6.45, 7) is 3.29. The number of hydrogen-bond donors (Lipinski definition) is 1. The van der Waals surface area contributed by atoms with Crippen LogP contribution in [0.15, 0.2) is 48.5 Å². The first kappa shape index (κ1) is 16.6. The van der Waals surface area contributed by atoms with E-state index in [2.05, 4.69) is 55.0 Å². The van der Waals surface area contributed by atoms with Gasteiger partial charge in [-0.05, 0) is 54.2 Å². The van der Waals surface area contributed by atoms with E-state index in [-0.39, 0.29) is 5.91 Å². The number of nitrogens with zero attached hydrogens (tertiary/aromatic N) is 4. The van der Waals surface area contributed by atoms with E-state index in [0.717, 1.165) is 48.4 Å². The van der Waals surface area contributed by atoms with Crippen molar-refractivity contribution in [2.45, 2.75) is 24.9 Å². The Morgan fingerprint density at radius 3 is 2.74 bits per heavy atom. The lowest BCUT2D eigenvalue weighted by molar-refractivity contribution is -0.125. The predicted octanol–water partition coefficient (Wildman–Crippen LogP) is 2.62. The van der Waals surface area contributed by atoms with Gasteiger partial charge >= 0.3 is 0 Å². The molecular weight excluding hydrogens is 358 g/mol. The molecule has 1 N–H and O–H groups in total. The second-order valence-electron chi connectivity index (χ2n) is 7.31. The third kappa shape index (κ3) is 2.87. The Bertz CT molecular complexity index is 965. The van der Waals surface area contributed by atoms with Crippen LogP contribution in [0.4, 0.5) is 5.69 Å². The van der Waals surface area contributed by atoms with Crippen LogP contribution in [0, 0.1) is 0 Å². The maximum absolute atomic E-state index is 12.7. The minimum Gasteiger partial charge on any atom is -0.339 e. The van der Waals surface area contributed by atoms with Crippen LogP contribution in [0.5, 0.6) is 0 Å². The monoisotopic (exact) mass is 379 g/mol. The van der Waals surface area contributed by atoms with Crippen LogP contribution >= 0.6 is 11.5 Å². The molecule has 0 aliphatic carbocycles. The summed E-state index contributed by atoms with van der Waals surface area (Å²) in [5, 5.41) is 7.24. The van der Waals surface area contributed by atoms with Gasteiger partial charge < -0.3 is 10.2 Å². The first-order valence-electron chi connectivity index (χ1n) is 9.29. The van der Waals surface area contributed by atoms with E-state index < -0.39 is 5.54 Å². The lowest BCUT2D eigenvalue weighted by Gasteiger charge is -2.43. The number of nitrogens with one attached hydrogen (secondary N) is 1. The molecule has 1 spiro atoms. The van der Waals surface area contributed by atoms with Gasteiger partial charge in [0.15, 0.2) is 0 Å². The molecule has 1 amide bonds. The summed E-state index contributed by atoms with van der Waals surface area (Å²) >= 11 is 1.43. The second-order valence-corrected chi connectivity index (χ2v) is 8.10. The molecule has 2 aromatic carbocycles. The molecular formula is C20H21N5OS. The molecule has 6 nitrogen and oxygen atoms in total. The van der Waals surface area contributed by atoms with Crippen LogP contribution in [0.2, 0.25) is 0 Å². The van der Waals surface area contributed by atoms with Gasteiger partial charge in [0.05, 0.1) is 11.4 Å². The Morgan fingerprint density at radius 1 is 1.11 bits per heavy atom. The van der Waals surface area contributed by atoms with E-state index in [0.29, 0.717) is 6.67 Å². The van der Waals surface area contributed by atoms with Gasteiger partial charge in [-0.3, -0.25) is 9.69 Å². The van der Waals surface area contributed by atoms with E-state index in [9.17, 15) is 4.79 Å². The molecule has 2 aliphatic rings. The first-order chi connectivity index (χ1) is 13.2. The first-order valence-corrected chi connectivity index (χ1v) is 10.1. The van der Waals surface area contributed by atoms with Crippen molar-refractivity contribution in [1.29, 1.82) is 0 Å². The Kier molecular flexibility index (Phi) is 4.06. The fraction of sp³-hybridized carbons (Fsp3) is 0.350. The highest BCUT2D eigenvalue weighted by atomic mass is 32.1. The quantitative estimate of drug-likeness (QED) is 0.758. The SMILES string of the molecule is O=C1NCN(c2ccccc2)C12CCN(Cc1ccc3snnc3c1)CC2. The number of amides is 1. The molecule has 7 heteroatoms. The Labute approximate surface area is 161 Å². The molecule has 138 valence electrons. The summed E-state index contributed by atoms with van der Waals surface area (Å²) in [7, 11) is 0. The van der Waals surface area contributed by atoms with Crippen LogP contribution in [-0.4, -0.2) is 45.7 Å². The van der Waals surface area contributed by atoms with E-state index in [1.54, 1.807) is 0 Å². The zero-order valence-corrected chi connectivity index (χ0v) is 15.8. The maximum atomic E-state index is 12.7. The van der Waals surface area contributed by atoms with Crippen molar-refractivity contribution in [3.05, 3.63) is 54.1 Å². The van der Waals surface area contributed by atoms with E-state index in [4.69, 9.17) is 0 Å². The minimum atomic E-state index is -0.416. The van der Waals surface area contributed by atoms with Crippen molar-refractivity contribution in [2.24, 2.45) is 0 Å². The van der Waals surface area contributed by atoms with Gasteiger partial charge in [-0.2, -0.15) is 0 Å². The van der Waals surface area contributed by atoms with Gasteiger partial charge in [-0.25, -0.2) is 0 Å². The fourth-order valence-electron chi connectivity index (χ4n) is 4.30. The molecule has 0 atom stereocenters. The van der Waals surface area contributed by atoms with Gasteiger partial charge in [-0.1, -0.05) is 28.8 Å². The van der Waals surface area contributed by atoms with E-state index in [1.165, 1.54) is 17.1 Å². The number of likely N-dealkylation sites (tertiary alicyclic amines) is 1. The van der Waals surface area contributed by atoms with Crippen molar-refractivity contribution in [1.82, 2.24) is 19.8 Å². The van der Waals surface area contributed by atoms with Gasteiger partial charge in [0.2, 0.25) is 5.91 Å². The average Bonchev–Trinajstić information content (AvgIpc) is 3.29. The third-order valence-corrected chi connectivity index (χ3v) is 6.51. The lowest BCUT2D eigenvalue weighted by Crippen LogP contribution is -2.56. The third-order valence-electron chi connectivity index (χ3n) is 5.81. The summed E-state index contributed by atoms with van der Waals surface area (Å²) in [6, 6.07) is 16.6. The smallest absolute Gasteiger partial charge is 0.247 e. The molecule has 0 saturated carbocycles. The summed E-state index contributed by atoms with van der Waals surface area (Å²) in [4.78, 5) is 17.4. The highest BCUT2D eigenvalue weighted by Gasteiger charge is 2.50. The van der Waals surface area contributed by atoms with Crippen LogP contribution in [0.1, 0.15) is 18.4 Å². The highest BCUT2D eigenvalue weighted by molar-refractivity contribution is 7.12. The van der Waals surface area contributed by atoms with Gasteiger partial charge in [0, 0.05) is 25.3 Å². The molecule has 0 unspecified atom stereocenters. The van der Waals surface area contributed by atoms with Crippen LogP contribution in [-0.2, 0) is 11.3 Å². The van der Waals surface area contributed by atoms with Crippen molar-refractivity contribution in [2.75, 3.05) is 24.7 Å². The van der Waals surface area contributed by atoms with E-state index >= 15 is 0 Å². The van der Waals surface area contributed by atoms with Crippen molar-refractivity contribution < 1.29 is 4.79 Å². The zero-order valence-electron chi connectivity index (χ0n) is 15.0. The number of rotatable bonds is 3. The van der Waals surface area contributed by atoms with Crippen molar-refractivity contribution in [3.8, 4) is 0 Å². The molecule has 5 rings (SSSR count). The number of benzene rings is 2. The molecule has 1 aromatic heterocycles. The maximum Gasteiger partial charge on any atom is 0.247 e. The lowest BCUT2D eigenvalue weighted by atomic mass is 9.85. The number of carbonyl (C=O) groups excluding carboxylic acids is 1. The largest absolute Gasteiger partial charge is 0.339 e. The second kappa shape index (κ2) is 6.58. The summed E-state index contributed by atoms with van der Waals surface area (Å²) in [5.41, 5.74) is 2.92. The summed E-state index contributed by atoms with van der Waals surface area (Å²) in [6.07, 6.45) is 1.68. The number of hydrogen-bond acceptors (Lipinski definition) is 6. The highest BCUT2D eigenvalue weighted by Crippen LogP contribution is 2.36. The fourth-order valence-corrected chi connectivity index (χ4v) is 4.84. The van der Waals surface area contributed by atoms with E-state index in [1.807, 2.05) is 18.2 Å². The predicted molar refractivity (Wildman–Crippen MR) is 107 cm³/mol. The van der Waals surface area contributed by atoms with Crippen LogP contribution in [0.3, 0.4) is 0 Å².